The second-order valence-electron chi connectivity index (χ2n) is 7.47. The number of benzene rings is 3. The molecule has 0 atom stereocenters. The second-order valence-corrected chi connectivity index (χ2v) is 11.1. The molecule has 0 heterocycles. The van der Waals surface area contributed by atoms with Crippen molar-refractivity contribution in [3.05, 3.63) is 89.5 Å². The molecule has 0 bridgehead atoms. The SMILES string of the molecule is O=S(=O)(NC1Cc2ccccc2C1)c1cc(S(=O)(=O)c2ccccc2)ccc1C(F)(F)F. The van der Waals surface area contributed by atoms with Gasteiger partial charge in [-0.05, 0) is 54.3 Å². The van der Waals surface area contributed by atoms with Crippen LogP contribution in [0.5, 0.6) is 0 Å². The van der Waals surface area contributed by atoms with Gasteiger partial charge in [-0.15, -0.1) is 0 Å². The lowest BCUT2D eigenvalue weighted by Crippen LogP contribution is -2.36. The number of sulfonamides is 1. The molecule has 0 unspecified atom stereocenters. The average molecular weight is 482 g/mol. The average Bonchev–Trinajstić information content (AvgIpc) is 3.15. The van der Waals surface area contributed by atoms with Gasteiger partial charge in [0.2, 0.25) is 19.9 Å². The van der Waals surface area contributed by atoms with E-state index in [0.29, 0.717) is 25.0 Å². The van der Waals surface area contributed by atoms with Crippen LogP contribution in [0.1, 0.15) is 16.7 Å². The van der Waals surface area contributed by atoms with E-state index in [9.17, 15) is 30.0 Å². The van der Waals surface area contributed by atoms with Crippen LogP contribution >= 0.6 is 0 Å². The third kappa shape index (κ3) is 4.30. The van der Waals surface area contributed by atoms with E-state index >= 15 is 0 Å². The van der Waals surface area contributed by atoms with Gasteiger partial charge in [0.1, 0.15) is 0 Å². The van der Waals surface area contributed by atoms with E-state index in [1.807, 2.05) is 12.1 Å². The van der Waals surface area contributed by atoms with E-state index in [1.165, 1.54) is 24.3 Å². The van der Waals surface area contributed by atoms with Gasteiger partial charge in [-0.3, -0.25) is 0 Å². The summed E-state index contributed by atoms with van der Waals surface area (Å²) >= 11 is 0. The summed E-state index contributed by atoms with van der Waals surface area (Å²) in [6, 6.07) is 15.6. The Hall–Kier alpha value is -2.69. The third-order valence-electron chi connectivity index (χ3n) is 5.28. The third-order valence-corrected chi connectivity index (χ3v) is 8.61. The largest absolute Gasteiger partial charge is 0.417 e. The summed E-state index contributed by atoms with van der Waals surface area (Å²) in [5.74, 6) is 0. The maximum atomic E-state index is 13.6. The Kier molecular flexibility index (Phi) is 5.64. The first-order valence-electron chi connectivity index (χ1n) is 9.59. The Balaban J connectivity index is 1.75. The number of halogens is 3. The summed E-state index contributed by atoms with van der Waals surface area (Å²) in [4.78, 5) is -1.80. The molecule has 4 rings (SSSR count). The summed E-state index contributed by atoms with van der Waals surface area (Å²) < 4.78 is 95.0. The lowest BCUT2D eigenvalue weighted by atomic mass is 10.1. The van der Waals surface area contributed by atoms with Crippen molar-refractivity contribution in [1.82, 2.24) is 4.72 Å². The van der Waals surface area contributed by atoms with Crippen LogP contribution in [0.4, 0.5) is 13.2 Å². The summed E-state index contributed by atoms with van der Waals surface area (Å²) in [5, 5.41) is 0. The van der Waals surface area contributed by atoms with E-state index < -0.39 is 47.4 Å². The predicted molar refractivity (Wildman–Crippen MR) is 111 cm³/mol. The first kappa shape index (κ1) is 22.5. The van der Waals surface area contributed by atoms with Gasteiger partial charge >= 0.3 is 6.18 Å². The molecule has 3 aromatic carbocycles. The lowest BCUT2D eigenvalue weighted by molar-refractivity contribution is -0.139. The zero-order valence-corrected chi connectivity index (χ0v) is 18.1. The zero-order chi connectivity index (χ0) is 23.1. The minimum Gasteiger partial charge on any atom is -0.219 e. The Labute approximate surface area is 183 Å². The van der Waals surface area contributed by atoms with Crippen LogP contribution < -0.4 is 4.72 Å². The molecule has 168 valence electrons. The molecule has 0 spiro atoms. The minimum atomic E-state index is -4.99. The van der Waals surface area contributed by atoms with Gasteiger partial charge in [0, 0.05) is 6.04 Å². The van der Waals surface area contributed by atoms with Crippen molar-refractivity contribution >= 4 is 19.9 Å². The molecule has 32 heavy (non-hydrogen) atoms. The van der Waals surface area contributed by atoms with Crippen LogP contribution in [0.15, 0.2) is 87.5 Å². The Morgan fingerprint density at radius 2 is 1.31 bits per heavy atom. The summed E-state index contributed by atoms with van der Waals surface area (Å²) in [6.07, 6.45) is -4.32. The number of alkyl halides is 3. The smallest absolute Gasteiger partial charge is 0.219 e. The van der Waals surface area contributed by atoms with Crippen molar-refractivity contribution in [1.29, 1.82) is 0 Å². The molecule has 0 fully saturated rings. The van der Waals surface area contributed by atoms with Crippen molar-refractivity contribution in [2.75, 3.05) is 0 Å². The predicted octanol–water partition coefficient (Wildman–Crippen LogP) is 3.98. The van der Waals surface area contributed by atoms with Crippen LogP contribution in [0, 0.1) is 0 Å². The number of sulfone groups is 1. The van der Waals surface area contributed by atoms with Crippen molar-refractivity contribution < 1.29 is 30.0 Å². The van der Waals surface area contributed by atoms with Gasteiger partial charge in [-0.1, -0.05) is 42.5 Å². The van der Waals surface area contributed by atoms with Crippen LogP contribution in [-0.2, 0) is 38.9 Å². The molecule has 3 aromatic rings. The molecular formula is C22H18F3NO4S2. The Morgan fingerprint density at radius 1 is 0.750 bits per heavy atom. The molecule has 1 aliphatic rings. The molecule has 0 saturated heterocycles. The van der Waals surface area contributed by atoms with E-state index in [0.717, 1.165) is 17.2 Å². The summed E-state index contributed by atoms with van der Waals surface area (Å²) in [6.45, 7) is 0. The van der Waals surface area contributed by atoms with Gasteiger partial charge in [-0.2, -0.15) is 13.2 Å². The number of hydrogen-bond donors (Lipinski definition) is 1. The van der Waals surface area contributed by atoms with Crippen LogP contribution in [-0.4, -0.2) is 22.9 Å². The van der Waals surface area contributed by atoms with E-state index in [4.69, 9.17) is 0 Å². The van der Waals surface area contributed by atoms with Gasteiger partial charge in [0.25, 0.3) is 0 Å². The number of hydrogen-bond acceptors (Lipinski definition) is 4. The van der Waals surface area contributed by atoms with Gasteiger partial charge in [0.15, 0.2) is 0 Å². The normalized spacial score (nSPS) is 15.0. The second kappa shape index (κ2) is 8.02. The molecule has 0 aliphatic heterocycles. The van der Waals surface area contributed by atoms with Crippen LogP contribution in [0.3, 0.4) is 0 Å². The maximum absolute atomic E-state index is 13.6. The molecule has 1 N–H and O–H groups in total. The topological polar surface area (TPSA) is 80.3 Å². The molecule has 0 amide bonds. The molecule has 5 nitrogen and oxygen atoms in total. The molecule has 0 radical (unpaired) electrons. The fourth-order valence-electron chi connectivity index (χ4n) is 3.79. The maximum Gasteiger partial charge on any atom is 0.417 e. The van der Waals surface area contributed by atoms with Gasteiger partial charge in [-0.25, -0.2) is 21.6 Å². The summed E-state index contributed by atoms with van der Waals surface area (Å²) in [5.41, 5.74) is 0.404. The van der Waals surface area contributed by atoms with Crippen molar-refractivity contribution in [3.8, 4) is 0 Å². The van der Waals surface area contributed by atoms with E-state index in [1.54, 1.807) is 18.2 Å². The Bertz CT molecular complexity index is 1340. The molecule has 10 heteroatoms. The quantitative estimate of drug-likeness (QED) is 0.598. The van der Waals surface area contributed by atoms with Gasteiger partial charge in [0.05, 0.1) is 20.2 Å². The molecule has 0 saturated carbocycles. The van der Waals surface area contributed by atoms with E-state index in [-0.39, 0.29) is 4.90 Å². The highest BCUT2D eigenvalue weighted by Gasteiger charge is 2.39. The molecule has 1 aliphatic carbocycles. The van der Waals surface area contributed by atoms with Gasteiger partial charge < -0.3 is 0 Å². The highest BCUT2D eigenvalue weighted by molar-refractivity contribution is 7.91. The fourth-order valence-corrected chi connectivity index (χ4v) is 6.66. The zero-order valence-electron chi connectivity index (χ0n) is 16.5. The van der Waals surface area contributed by atoms with Crippen molar-refractivity contribution in [3.63, 3.8) is 0 Å². The fraction of sp³-hybridized carbons (Fsp3) is 0.182. The highest BCUT2D eigenvalue weighted by Crippen LogP contribution is 2.36. The van der Waals surface area contributed by atoms with Crippen LogP contribution in [0.25, 0.3) is 0 Å². The lowest BCUT2D eigenvalue weighted by Gasteiger charge is -2.18. The number of rotatable bonds is 5. The molecule has 0 aromatic heterocycles. The first-order valence-corrected chi connectivity index (χ1v) is 12.6. The Morgan fingerprint density at radius 3 is 1.88 bits per heavy atom. The minimum absolute atomic E-state index is 0.151. The van der Waals surface area contributed by atoms with Crippen LogP contribution in [0.2, 0.25) is 0 Å². The number of nitrogens with one attached hydrogen (secondary N) is 1. The standard InChI is InChI=1S/C22H18F3NO4S2/c23-22(24,25)20-11-10-19(31(27,28)18-8-2-1-3-9-18)14-21(20)32(29,30)26-17-12-15-6-4-5-7-16(15)13-17/h1-11,14,17,26H,12-13H2. The summed E-state index contributed by atoms with van der Waals surface area (Å²) in [7, 11) is -8.89. The van der Waals surface area contributed by atoms with Crippen molar-refractivity contribution in [2.45, 2.75) is 39.7 Å². The van der Waals surface area contributed by atoms with Crippen molar-refractivity contribution in [2.24, 2.45) is 0 Å². The number of fused-ring (bicyclic) bond motifs is 1. The van der Waals surface area contributed by atoms with E-state index in [2.05, 4.69) is 4.72 Å². The highest BCUT2D eigenvalue weighted by atomic mass is 32.2. The first-order chi connectivity index (χ1) is 15.0. The molecular weight excluding hydrogens is 463 g/mol. The monoisotopic (exact) mass is 481 g/mol.